The number of carbonyl (C=O) groups is 1. The van der Waals surface area contributed by atoms with E-state index in [4.69, 9.17) is 9.47 Å². The Hall–Kier alpha value is -2.91. The van der Waals surface area contributed by atoms with Gasteiger partial charge in [-0.1, -0.05) is 12.1 Å². The molecule has 3 heterocycles. The molecular formula is C24H26F3N3O3. The Morgan fingerprint density at radius 2 is 2.00 bits per heavy atom. The van der Waals surface area contributed by atoms with Crippen LogP contribution in [0.25, 0.3) is 11.0 Å². The number of fused-ring (bicyclic) bond motifs is 1. The zero-order valence-electron chi connectivity index (χ0n) is 18.4. The molecule has 4 rings (SSSR count). The third kappa shape index (κ3) is 5.72. The zero-order valence-corrected chi connectivity index (χ0v) is 18.4. The van der Waals surface area contributed by atoms with Crippen molar-refractivity contribution in [1.29, 1.82) is 0 Å². The van der Waals surface area contributed by atoms with Crippen molar-refractivity contribution in [3.05, 3.63) is 53.3 Å². The number of carbonyl (C=O) groups excluding carboxylic acids is 1. The lowest BCUT2D eigenvalue weighted by Crippen LogP contribution is -2.37. The molecule has 2 aromatic heterocycles. The summed E-state index contributed by atoms with van der Waals surface area (Å²) in [7, 11) is 0. The van der Waals surface area contributed by atoms with E-state index >= 15 is 0 Å². The molecule has 3 aromatic rings. The largest absolute Gasteiger partial charge is 0.456 e. The smallest absolute Gasteiger partial charge is 0.418 e. The predicted molar refractivity (Wildman–Crippen MR) is 118 cm³/mol. The highest BCUT2D eigenvalue weighted by molar-refractivity contribution is 5.87. The second-order valence-electron chi connectivity index (χ2n) is 8.21. The molecule has 1 N–H and O–H groups in total. The Balaban J connectivity index is 1.40. The number of aryl methyl sites for hydroxylation is 1. The minimum Gasteiger partial charge on any atom is -0.456 e. The summed E-state index contributed by atoms with van der Waals surface area (Å²) in [5.74, 6) is 0.665. The second-order valence-corrected chi connectivity index (χ2v) is 8.21. The van der Waals surface area contributed by atoms with Crippen LogP contribution in [-0.2, 0) is 22.1 Å². The van der Waals surface area contributed by atoms with Gasteiger partial charge in [0.05, 0.1) is 24.2 Å². The topological polar surface area (TPSA) is 67.5 Å². The summed E-state index contributed by atoms with van der Waals surface area (Å²) in [6.45, 7) is 6.00. The van der Waals surface area contributed by atoms with Crippen molar-refractivity contribution in [2.75, 3.05) is 32.8 Å². The fourth-order valence-corrected chi connectivity index (χ4v) is 4.03. The van der Waals surface area contributed by atoms with Crippen LogP contribution < -0.4 is 4.74 Å². The molecule has 33 heavy (non-hydrogen) atoms. The third-order valence-electron chi connectivity index (χ3n) is 5.73. The number of H-pyrrole nitrogens is 1. The summed E-state index contributed by atoms with van der Waals surface area (Å²) >= 11 is 0. The first-order valence-electron chi connectivity index (χ1n) is 10.9. The summed E-state index contributed by atoms with van der Waals surface area (Å²) < 4.78 is 51.3. The summed E-state index contributed by atoms with van der Waals surface area (Å²) in [6, 6.07) is 6.73. The molecule has 0 unspecified atom stereocenters. The molecule has 0 spiro atoms. The Morgan fingerprint density at radius 1 is 1.21 bits per heavy atom. The van der Waals surface area contributed by atoms with Crippen LogP contribution in [0, 0.1) is 6.92 Å². The van der Waals surface area contributed by atoms with E-state index in [1.807, 2.05) is 13.0 Å². The van der Waals surface area contributed by atoms with E-state index in [1.54, 1.807) is 12.1 Å². The van der Waals surface area contributed by atoms with Gasteiger partial charge in [-0.15, -0.1) is 0 Å². The van der Waals surface area contributed by atoms with Gasteiger partial charge in [0.1, 0.15) is 22.9 Å². The first-order valence-corrected chi connectivity index (χ1v) is 10.9. The number of morpholine rings is 1. The summed E-state index contributed by atoms with van der Waals surface area (Å²) in [5, 5.41) is -0.107. The van der Waals surface area contributed by atoms with E-state index < -0.39 is 11.7 Å². The molecule has 0 atom stereocenters. The molecule has 176 valence electrons. The first kappa shape index (κ1) is 23.3. The Kier molecular flexibility index (Phi) is 6.99. The molecule has 9 heteroatoms. The normalized spacial score (nSPS) is 15.2. The third-order valence-corrected chi connectivity index (χ3v) is 5.73. The van der Waals surface area contributed by atoms with Gasteiger partial charge in [0.2, 0.25) is 0 Å². The molecule has 1 fully saturated rings. The van der Waals surface area contributed by atoms with Crippen LogP contribution in [0.2, 0.25) is 0 Å². The highest BCUT2D eigenvalue weighted by Gasteiger charge is 2.35. The molecule has 1 aliphatic heterocycles. The quantitative estimate of drug-likeness (QED) is 0.517. The number of nitrogens with zero attached hydrogens (tertiary/aromatic N) is 2. The molecule has 0 radical (unpaired) electrons. The van der Waals surface area contributed by atoms with Crippen molar-refractivity contribution in [3.8, 4) is 11.5 Å². The average Bonchev–Trinajstić information content (AvgIpc) is 3.22. The van der Waals surface area contributed by atoms with Crippen LogP contribution in [0.5, 0.6) is 11.5 Å². The number of aromatic amines is 1. The van der Waals surface area contributed by atoms with Crippen molar-refractivity contribution in [1.82, 2.24) is 14.9 Å². The second kappa shape index (κ2) is 9.93. The molecule has 0 bridgehead atoms. The van der Waals surface area contributed by atoms with Crippen LogP contribution >= 0.6 is 0 Å². The maximum atomic E-state index is 13.4. The fourth-order valence-electron chi connectivity index (χ4n) is 4.03. The predicted octanol–water partition coefficient (Wildman–Crippen LogP) is 4.91. The minimum absolute atomic E-state index is 0.0728. The molecule has 1 saturated heterocycles. The van der Waals surface area contributed by atoms with Gasteiger partial charge in [-0.3, -0.25) is 9.69 Å². The lowest BCUT2D eigenvalue weighted by atomic mass is 10.0. The van der Waals surface area contributed by atoms with Crippen molar-refractivity contribution in [2.45, 2.75) is 32.4 Å². The van der Waals surface area contributed by atoms with Crippen LogP contribution in [0.4, 0.5) is 13.2 Å². The number of pyridine rings is 1. The van der Waals surface area contributed by atoms with Crippen LogP contribution in [0.3, 0.4) is 0 Å². The maximum absolute atomic E-state index is 13.4. The van der Waals surface area contributed by atoms with Crippen LogP contribution in [0.1, 0.15) is 29.5 Å². The average molecular weight is 461 g/mol. The van der Waals surface area contributed by atoms with Crippen molar-refractivity contribution in [3.63, 3.8) is 0 Å². The van der Waals surface area contributed by atoms with E-state index in [9.17, 15) is 18.0 Å². The van der Waals surface area contributed by atoms with E-state index in [0.29, 0.717) is 18.6 Å². The number of hydrogen-bond acceptors (Lipinski definition) is 5. The number of benzene rings is 1. The zero-order chi connectivity index (χ0) is 23.4. The van der Waals surface area contributed by atoms with E-state index in [0.717, 1.165) is 56.6 Å². The van der Waals surface area contributed by atoms with Crippen molar-refractivity contribution >= 4 is 16.8 Å². The number of aromatic nitrogens is 2. The fraction of sp³-hybridized carbons (Fsp3) is 0.417. The molecule has 0 amide bonds. The molecule has 1 aromatic carbocycles. The van der Waals surface area contributed by atoms with Gasteiger partial charge in [-0.2, -0.15) is 13.2 Å². The van der Waals surface area contributed by atoms with Crippen molar-refractivity contribution in [2.24, 2.45) is 0 Å². The Labute approximate surface area is 189 Å². The number of ether oxygens (including phenoxy) is 2. The van der Waals surface area contributed by atoms with E-state index in [2.05, 4.69) is 14.9 Å². The molecule has 0 aliphatic carbocycles. The Bertz CT molecular complexity index is 1120. The van der Waals surface area contributed by atoms with Gasteiger partial charge in [-0.05, 0) is 43.1 Å². The van der Waals surface area contributed by atoms with E-state index in [1.165, 1.54) is 12.3 Å². The molecular weight excluding hydrogens is 435 g/mol. The number of hydrogen-bond donors (Lipinski definition) is 1. The van der Waals surface area contributed by atoms with Crippen LogP contribution in [0.15, 0.2) is 36.7 Å². The van der Waals surface area contributed by atoms with Crippen molar-refractivity contribution < 1.29 is 27.4 Å². The number of Topliss-reactive ketones (excluding diaryl/α,β-unsaturated/α-hetero) is 1. The van der Waals surface area contributed by atoms with Gasteiger partial charge in [0, 0.05) is 38.3 Å². The minimum atomic E-state index is -4.53. The number of rotatable bonds is 8. The number of nitrogens with one attached hydrogen (secondary N) is 1. The SMILES string of the molecule is Cc1cc(CC(=O)CCCN2CCOCC2)ccc1Oc1ccnc2[nH]cc(C(F)(F)F)c12. The van der Waals surface area contributed by atoms with Gasteiger partial charge >= 0.3 is 6.18 Å². The van der Waals surface area contributed by atoms with Crippen LogP contribution in [-0.4, -0.2) is 53.5 Å². The summed E-state index contributed by atoms with van der Waals surface area (Å²) in [5.41, 5.74) is 0.880. The number of ketones is 1. The first-order chi connectivity index (χ1) is 15.8. The number of halogens is 3. The van der Waals surface area contributed by atoms with Gasteiger partial charge in [0.25, 0.3) is 0 Å². The highest BCUT2D eigenvalue weighted by atomic mass is 19.4. The molecule has 0 saturated carbocycles. The maximum Gasteiger partial charge on any atom is 0.418 e. The highest BCUT2D eigenvalue weighted by Crippen LogP contribution is 2.40. The lowest BCUT2D eigenvalue weighted by molar-refractivity contribution is -0.136. The van der Waals surface area contributed by atoms with Gasteiger partial charge in [-0.25, -0.2) is 4.98 Å². The standard InChI is InChI=1S/C24H26F3N3O3/c1-16-13-17(14-18(31)3-2-8-30-9-11-32-12-10-30)4-5-20(16)33-21-6-7-28-23-22(21)19(15-29-23)24(25,26)27/h4-7,13,15H,2-3,8-12,14H2,1H3,(H,28,29). The Morgan fingerprint density at radius 3 is 2.73 bits per heavy atom. The molecule has 6 nitrogen and oxygen atoms in total. The summed E-state index contributed by atoms with van der Waals surface area (Å²) in [6.07, 6.45) is -0.592. The van der Waals surface area contributed by atoms with E-state index in [-0.39, 0.29) is 22.6 Å². The lowest BCUT2D eigenvalue weighted by Gasteiger charge is -2.26. The summed E-state index contributed by atoms with van der Waals surface area (Å²) in [4.78, 5) is 21.2. The van der Waals surface area contributed by atoms with Gasteiger partial charge < -0.3 is 14.5 Å². The van der Waals surface area contributed by atoms with Gasteiger partial charge in [0.15, 0.2) is 0 Å². The number of alkyl halides is 3. The molecule has 1 aliphatic rings. The monoisotopic (exact) mass is 461 g/mol.